The van der Waals surface area contributed by atoms with Crippen LogP contribution < -0.4 is 10.1 Å². The molecule has 0 aromatic heterocycles. The monoisotopic (exact) mass is 340 g/mol. The molecule has 128 valence electrons. The first kappa shape index (κ1) is 16.9. The third-order valence-corrected chi connectivity index (χ3v) is 4.29. The van der Waals surface area contributed by atoms with Crippen molar-refractivity contribution in [1.82, 2.24) is 5.32 Å². The van der Waals surface area contributed by atoms with Crippen LogP contribution >= 0.6 is 0 Å². The summed E-state index contributed by atoms with van der Waals surface area (Å²) >= 11 is 0. The van der Waals surface area contributed by atoms with Crippen molar-refractivity contribution < 1.29 is 19.0 Å². The number of hydrogen-bond acceptors (Lipinski definition) is 4. The van der Waals surface area contributed by atoms with Gasteiger partial charge in [-0.3, -0.25) is 4.79 Å². The minimum absolute atomic E-state index is 0.279. The fraction of sp³-hybridized carbons (Fsp3) is 0.263. The second-order valence-electron chi connectivity index (χ2n) is 6.47. The Hall–Kier alpha value is -2.91. The van der Waals surface area contributed by atoms with Crippen molar-refractivity contribution in [2.24, 2.45) is 0 Å². The van der Waals surface area contributed by atoms with Gasteiger partial charge >= 0.3 is 0 Å². The average molecular weight is 340 g/mol. The Bertz CT molecular complexity index is 856. The van der Waals surface area contributed by atoms with Crippen LogP contribution in [0, 0.1) is 17.1 Å². The predicted molar refractivity (Wildman–Crippen MR) is 88.5 cm³/mol. The summed E-state index contributed by atoms with van der Waals surface area (Å²) in [6.07, 6.45) is -1.04. The van der Waals surface area contributed by atoms with Gasteiger partial charge in [0.1, 0.15) is 23.3 Å². The first-order chi connectivity index (χ1) is 11.8. The molecule has 0 saturated carbocycles. The average Bonchev–Trinajstić information content (AvgIpc) is 2.58. The minimum Gasteiger partial charge on any atom is -0.485 e. The third kappa shape index (κ3) is 3.19. The zero-order valence-corrected chi connectivity index (χ0v) is 13.8. The third-order valence-electron chi connectivity index (χ3n) is 4.29. The number of hydrogen-bond donors (Lipinski definition) is 2. The number of nitrogens with one attached hydrogen (secondary N) is 1. The molecular formula is C19H17FN2O3. The Morgan fingerprint density at radius 1 is 1.28 bits per heavy atom. The van der Waals surface area contributed by atoms with Crippen LogP contribution in [0.2, 0.25) is 0 Å². The Morgan fingerprint density at radius 3 is 2.60 bits per heavy atom. The zero-order valence-electron chi connectivity index (χ0n) is 13.8. The first-order valence-corrected chi connectivity index (χ1v) is 7.79. The smallest absolute Gasteiger partial charge is 0.251 e. The molecule has 2 aromatic rings. The van der Waals surface area contributed by atoms with Gasteiger partial charge in [-0.1, -0.05) is 0 Å². The lowest BCUT2D eigenvalue weighted by molar-refractivity contribution is -0.0253. The number of carbonyl (C=O) groups excluding carboxylic acids is 1. The van der Waals surface area contributed by atoms with Crippen LogP contribution in [0.25, 0.3) is 0 Å². The van der Waals surface area contributed by atoms with Gasteiger partial charge in [-0.2, -0.15) is 5.26 Å². The van der Waals surface area contributed by atoms with Crippen molar-refractivity contribution in [3.63, 3.8) is 0 Å². The van der Waals surface area contributed by atoms with Crippen molar-refractivity contribution in [1.29, 1.82) is 5.26 Å². The summed E-state index contributed by atoms with van der Waals surface area (Å²) in [6.45, 7) is 3.51. The molecule has 2 atom stereocenters. The van der Waals surface area contributed by atoms with E-state index in [1.807, 2.05) is 6.07 Å². The Labute approximate surface area is 144 Å². The molecule has 6 heteroatoms. The summed E-state index contributed by atoms with van der Waals surface area (Å²) in [6, 6.07) is 11.2. The SMILES string of the molecule is CC1(C)Oc2ccc(C#N)cc2C(O)C1NC(=O)c1ccc(F)cc1. The number of aliphatic hydroxyl groups excluding tert-OH is 1. The lowest BCUT2D eigenvalue weighted by Crippen LogP contribution is -2.57. The van der Waals surface area contributed by atoms with E-state index in [0.29, 0.717) is 16.9 Å². The normalized spacial score (nSPS) is 20.8. The Balaban J connectivity index is 1.90. The number of fused-ring (bicyclic) bond motifs is 1. The molecule has 2 aromatic carbocycles. The van der Waals surface area contributed by atoms with Crippen LogP contribution in [0.15, 0.2) is 42.5 Å². The van der Waals surface area contributed by atoms with Gasteiger partial charge in [0.25, 0.3) is 5.91 Å². The van der Waals surface area contributed by atoms with Gasteiger partial charge in [0.05, 0.1) is 17.7 Å². The highest BCUT2D eigenvalue weighted by Gasteiger charge is 2.44. The van der Waals surface area contributed by atoms with E-state index in [1.54, 1.807) is 32.0 Å². The second kappa shape index (κ2) is 6.19. The summed E-state index contributed by atoms with van der Waals surface area (Å²) in [7, 11) is 0. The number of amides is 1. The maximum Gasteiger partial charge on any atom is 0.251 e. The van der Waals surface area contributed by atoms with E-state index in [-0.39, 0.29) is 5.56 Å². The Morgan fingerprint density at radius 2 is 1.96 bits per heavy atom. The molecule has 0 aliphatic carbocycles. The highest BCUT2D eigenvalue weighted by atomic mass is 19.1. The molecule has 1 heterocycles. The number of carbonyl (C=O) groups is 1. The van der Waals surface area contributed by atoms with Crippen molar-refractivity contribution in [3.05, 3.63) is 65.0 Å². The quantitative estimate of drug-likeness (QED) is 0.881. The number of benzene rings is 2. The molecular weight excluding hydrogens is 323 g/mol. The van der Waals surface area contributed by atoms with E-state index < -0.39 is 29.5 Å². The van der Waals surface area contributed by atoms with E-state index >= 15 is 0 Å². The molecule has 0 radical (unpaired) electrons. The molecule has 1 aliphatic rings. The molecule has 3 rings (SSSR count). The summed E-state index contributed by atoms with van der Waals surface area (Å²) < 4.78 is 18.9. The summed E-state index contributed by atoms with van der Waals surface area (Å²) in [4.78, 5) is 12.4. The molecule has 0 spiro atoms. The lowest BCUT2D eigenvalue weighted by Gasteiger charge is -2.43. The van der Waals surface area contributed by atoms with Gasteiger partial charge in [-0.25, -0.2) is 4.39 Å². The number of nitrogens with zero attached hydrogens (tertiary/aromatic N) is 1. The number of halogens is 1. The molecule has 2 N–H and O–H groups in total. The molecule has 0 fully saturated rings. The van der Waals surface area contributed by atoms with E-state index in [4.69, 9.17) is 10.00 Å². The first-order valence-electron chi connectivity index (χ1n) is 7.79. The zero-order chi connectivity index (χ0) is 18.2. The van der Waals surface area contributed by atoms with Crippen LogP contribution in [-0.4, -0.2) is 22.7 Å². The van der Waals surface area contributed by atoms with Crippen LogP contribution in [0.4, 0.5) is 4.39 Å². The fourth-order valence-corrected chi connectivity index (χ4v) is 2.93. The molecule has 25 heavy (non-hydrogen) atoms. The van der Waals surface area contributed by atoms with Gasteiger partial charge < -0.3 is 15.2 Å². The molecule has 2 unspecified atom stereocenters. The molecule has 0 saturated heterocycles. The number of rotatable bonds is 2. The van der Waals surface area contributed by atoms with Crippen molar-refractivity contribution in [3.8, 4) is 11.8 Å². The highest BCUT2D eigenvalue weighted by molar-refractivity contribution is 5.94. The number of ether oxygens (including phenoxy) is 1. The highest BCUT2D eigenvalue weighted by Crippen LogP contribution is 2.40. The predicted octanol–water partition coefficient (Wildman–Crippen LogP) is 2.70. The minimum atomic E-state index is -1.04. The van der Waals surface area contributed by atoms with Gasteiger partial charge in [0.2, 0.25) is 0 Å². The van der Waals surface area contributed by atoms with Crippen LogP contribution in [0.3, 0.4) is 0 Å². The maximum atomic E-state index is 13.0. The van der Waals surface area contributed by atoms with Crippen LogP contribution in [0.5, 0.6) is 5.75 Å². The van der Waals surface area contributed by atoms with E-state index in [0.717, 1.165) is 0 Å². The maximum absolute atomic E-state index is 13.0. The van der Waals surface area contributed by atoms with Gasteiger partial charge in [-0.05, 0) is 56.3 Å². The fourth-order valence-electron chi connectivity index (χ4n) is 2.93. The molecule has 1 amide bonds. The molecule has 5 nitrogen and oxygen atoms in total. The lowest BCUT2D eigenvalue weighted by atomic mass is 9.85. The van der Waals surface area contributed by atoms with Gasteiger partial charge in [0.15, 0.2) is 0 Å². The summed E-state index contributed by atoms with van der Waals surface area (Å²) in [5.74, 6) is -0.403. The van der Waals surface area contributed by atoms with Crippen LogP contribution in [-0.2, 0) is 0 Å². The van der Waals surface area contributed by atoms with E-state index in [1.165, 1.54) is 24.3 Å². The number of nitriles is 1. The second-order valence-corrected chi connectivity index (χ2v) is 6.47. The summed E-state index contributed by atoms with van der Waals surface area (Å²) in [5.41, 5.74) is 0.240. The van der Waals surface area contributed by atoms with Gasteiger partial charge in [0, 0.05) is 11.1 Å². The van der Waals surface area contributed by atoms with Crippen molar-refractivity contribution >= 4 is 5.91 Å². The topological polar surface area (TPSA) is 82.3 Å². The largest absolute Gasteiger partial charge is 0.485 e. The van der Waals surface area contributed by atoms with Crippen molar-refractivity contribution in [2.75, 3.05) is 0 Å². The van der Waals surface area contributed by atoms with E-state index in [2.05, 4.69) is 5.32 Å². The van der Waals surface area contributed by atoms with Crippen LogP contribution in [0.1, 0.15) is 41.4 Å². The molecule has 1 aliphatic heterocycles. The number of aliphatic hydroxyl groups is 1. The molecule has 0 bridgehead atoms. The van der Waals surface area contributed by atoms with Crippen molar-refractivity contribution in [2.45, 2.75) is 31.6 Å². The van der Waals surface area contributed by atoms with Gasteiger partial charge in [-0.15, -0.1) is 0 Å². The summed E-state index contributed by atoms with van der Waals surface area (Å²) in [5, 5.41) is 22.5. The standard InChI is InChI=1S/C19H17FN2O3/c1-19(2)17(22-18(24)12-4-6-13(20)7-5-12)16(23)14-9-11(10-21)3-8-15(14)25-19/h3-9,16-17,23H,1-2H3,(H,22,24). The van der Waals surface area contributed by atoms with E-state index in [9.17, 15) is 14.3 Å². The Kier molecular flexibility index (Phi) is 4.19.